The number of nitrogens with zero attached hydrogens (tertiary/aromatic N) is 4. The Balaban J connectivity index is 1.37. The summed E-state index contributed by atoms with van der Waals surface area (Å²) in [5, 5.41) is 10.6. The molecule has 6 heteroatoms. The number of fused-ring (bicyclic) bond motifs is 1. The monoisotopic (exact) mass is 340 g/mol. The number of aliphatic hydroxyl groups excluding tert-OH is 1. The molecular formula is C19H21FN4O. The lowest BCUT2D eigenvalue weighted by atomic mass is 9.87. The third kappa shape index (κ3) is 3.41. The van der Waals surface area contributed by atoms with Crippen molar-refractivity contribution in [2.45, 2.75) is 25.5 Å². The molecule has 1 unspecified atom stereocenters. The van der Waals surface area contributed by atoms with Gasteiger partial charge in [-0.25, -0.2) is 9.37 Å². The van der Waals surface area contributed by atoms with E-state index in [0.717, 1.165) is 49.4 Å². The molecule has 1 aliphatic heterocycles. The second kappa shape index (κ2) is 6.90. The third-order valence-corrected chi connectivity index (χ3v) is 5.07. The summed E-state index contributed by atoms with van der Waals surface area (Å²) < 4.78 is 15.1. The molecule has 1 atom stereocenters. The summed E-state index contributed by atoms with van der Waals surface area (Å²) in [6.07, 6.45) is 8.69. The molecule has 25 heavy (non-hydrogen) atoms. The van der Waals surface area contributed by atoms with Gasteiger partial charge in [0.15, 0.2) is 5.65 Å². The Morgan fingerprint density at radius 2 is 1.92 bits per heavy atom. The minimum Gasteiger partial charge on any atom is -0.388 e. The molecule has 4 rings (SSSR count). The molecule has 1 fully saturated rings. The average Bonchev–Trinajstić information content (AvgIpc) is 3.06. The molecule has 130 valence electrons. The van der Waals surface area contributed by atoms with E-state index in [4.69, 9.17) is 0 Å². The standard InChI is InChI=1S/C19H21FN4O/c20-16-3-1-14(2-4-16)19(25)15-5-8-23(9-6-15)13-17-11-22-18-12-21-7-10-24(17)18/h1-4,7,10-12,15,19,25H,5-6,8-9,13H2. The number of likely N-dealkylation sites (tertiary alicyclic amines) is 1. The first-order valence-electron chi connectivity index (χ1n) is 8.62. The van der Waals surface area contributed by atoms with Crippen LogP contribution in [0, 0.1) is 11.7 Å². The van der Waals surface area contributed by atoms with Gasteiger partial charge < -0.3 is 5.11 Å². The van der Waals surface area contributed by atoms with Crippen LogP contribution in [0.4, 0.5) is 4.39 Å². The van der Waals surface area contributed by atoms with Gasteiger partial charge in [-0.2, -0.15) is 0 Å². The van der Waals surface area contributed by atoms with Crippen molar-refractivity contribution in [3.63, 3.8) is 0 Å². The summed E-state index contributed by atoms with van der Waals surface area (Å²) in [4.78, 5) is 10.9. The van der Waals surface area contributed by atoms with Crippen LogP contribution in [0.1, 0.15) is 30.2 Å². The van der Waals surface area contributed by atoms with E-state index >= 15 is 0 Å². The van der Waals surface area contributed by atoms with E-state index < -0.39 is 6.10 Å². The molecule has 3 heterocycles. The summed E-state index contributed by atoms with van der Waals surface area (Å²) in [6.45, 7) is 2.70. The molecule has 0 bridgehead atoms. The van der Waals surface area contributed by atoms with Crippen LogP contribution in [0.25, 0.3) is 5.65 Å². The van der Waals surface area contributed by atoms with E-state index in [1.165, 1.54) is 12.1 Å². The Kier molecular flexibility index (Phi) is 4.46. The third-order valence-electron chi connectivity index (χ3n) is 5.07. The summed E-state index contributed by atoms with van der Waals surface area (Å²) in [5.41, 5.74) is 2.81. The van der Waals surface area contributed by atoms with Crippen molar-refractivity contribution in [1.82, 2.24) is 19.3 Å². The van der Waals surface area contributed by atoms with Crippen molar-refractivity contribution >= 4 is 5.65 Å². The fourth-order valence-electron chi connectivity index (χ4n) is 3.60. The maximum atomic E-state index is 13.0. The minimum absolute atomic E-state index is 0.216. The fraction of sp³-hybridized carbons (Fsp3) is 0.368. The van der Waals surface area contributed by atoms with Crippen molar-refractivity contribution in [2.24, 2.45) is 5.92 Å². The van der Waals surface area contributed by atoms with Gasteiger partial charge in [-0.15, -0.1) is 0 Å². The summed E-state index contributed by atoms with van der Waals surface area (Å²) >= 11 is 0. The number of benzene rings is 1. The van der Waals surface area contributed by atoms with Gasteiger partial charge in [-0.3, -0.25) is 14.3 Å². The molecule has 5 nitrogen and oxygen atoms in total. The second-order valence-corrected chi connectivity index (χ2v) is 6.66. The van der Waals surface area contributed by atoms with Gasteiger partial charge in [0.1, 0.15) is 5.82 Å². The maximum absolute atomic E-state index is 13.0. The van der Waals surface area contributed by atoms with Crippen molar-refractivity contribution in [2.75, 3.05) is 13.1 Å². The number of piperidine rings is 1. The van der Waals surface area contributed by atoms with Crippen LogP contribution in [0.3, 0.4) is 0 Å². The molecule has 0 radical (unpaired) electrons. The summed E-state index contributed by atoms with van der Waals surface area (Å²) in [6, 6.07) is 6.18. The van der Waals surface area contributed by atoms with Gasteiger partial charge in [0.05, 0.1) is 24.2 Å². The number of aromatic nitrogens is 3. The number of hydrogen-bond acceptors (Lipinski definition) is 4. The van der Waals surface area contributed by atoms with Gasteiger partial charge in [0.25, 0.3) is 0 Å². The van der Waals surface area contributed by atoms with E-state index in [2.05, 4.69) is 19.3 Å². The van der Waals surface area contributed by atoms with E-state index in [9.17, 15) is 9.50 Å². The predicted octanol–water partition coefficient (Wildman–Crippen LogP) is 2.81. The molecule has 0 spiro atoms. The lowest BCUT2D eigenvalue weighted by Gasteiger charge is -2.34. The average molecular weight is 340 g/mol. The fourth-order valence-corrected chi connectivity index (χ4v) is 3.60. The first kappa shape index (κ1) is 16.2. The van der Waals surface area contributed by atoms with Crippen LogP contribution >= 0.6 is 0 Å². The molecule has 0 saturated carbocycles. The first-order valence-corrected chi connectivity index (χ1v) is 8.62. The van der Waals surface area contributed by atoms with E-state index in [1.807, 2.05) is 12.4 Å². The van der Waals surface area contributed by atoms with E-state index in [-0.39, 0.29) is 11.7 Å². The number of hydrogen-bond donors (Lipinski definition) is 1. The number of aliphatic hydroxyl groups is 1. The molecule has 1 aliphatic rings. The van der Waals surface area contributed by atoms with E-state index in [1.54, 1.807) is 24.5 Å². The SMILES string of the molecule is OC(c1ccc(F)cc1)C1CCN(Cc2cnc3cnccn23)CC1. The lowest BCUT2D eigenvalue weighted by Crippen LogP contribution is -2.35. The number of rotatable bonds is 4. The van der Waals surface area contributed by atoms with Crippen LogP contribution in [0.15, 0.2) is 49.1 Å². The smallest absolute Gasteiger partial charge is 0.155 e. The molecule has 1 saturated heterocycles. The van der Waals surface area contributed by atoms with Gasteiger partial charge in [-0.1, -0.05) is 12.1 Å². The molecule has 2 aromatic heterocycles. The highest BCUT2D eigenvalue weighted by molar-refractivity contribution is 5.36. The molecule has 3 aromatic rings. The summed E-state index contributed by atoms with van der Waals surface area (Å²) in [5.74, 6) is -0.0536. The minimum atomic E-state index is -0.523. The van der Waals surface area contributed by atoms with Gasteiger partial charge >= 0.3 is 0 Å². The molecular weight excluding hydrogens is 319 g/mol. The van der Waals surface area contributed by atoms with Gasteiger partial charge in [0.2, 0.25) is 0 Å². The zero-order chi connectivity index (χ0) is 17.2. The summed E-state index contributed by atoms with van der Waals surface area (Å²) in [7, 11) is 0. The van der Waals surface area contributed by atoms with Crippen molar-refractivity contribution < 1.29 is 9.50 Å². The highest BCUT2D eigenvalue weighted by atomic mass is 19.1. The second-order valence-electron chi connectivity index (χ2n) is 6.66. The number of halogens is 1. The van der Waals surface area contributed by atoms with Crippen LogP contribution in [0.2, 0.25) is 0 Å². The predicted molar refractivity (Wildman–Crippen MR) is 92.3 cm³/mol. The maximum Gasteiger partial charge on any atom is 0.155 e. The normalized spacial score (nSPS) is 17.8. The Bertz CT molecular complexity index is 840. The highest BCUT2D eigenvalue weighted by Crippen LogP contribution is 2.31. The molecule has 1 N–H and O–H groups in total. The highest BCUT2D eigenvalue weighted by Gasteiger charge is 2.26. The van der Waals surface area contributed by atoms with E-state index in [0.29, 0.717) is 0 Å². The quantitative estimate of drug-likeness (QED) is 0.793. The van der Waals surface area contributed by atoms with Crippen LogP contribution < -0.4 is 0 Å². The molecule has 0 amide bonds. The first-order chi connectivity index (χ1) is 12.2. The number of imidazole rings is 1. The Morgan fingerprint density at radius 1 is 1.16 bits per heavy atom. The Labute approximate surface area is 145 Å². The van der Waals surface area contributed by atoms with Crippen LogP contribution in [0.5, 0.6) is 0 Å². The topological polar surface area (TPSA) is 53.7 Å². The zero-order valence-electron chi connectivity index (χ0n) is 13.9. The van der Waals surface area contributed by atoms with Crippen molar-refractivity contribution in [3.8, 4) is 0 Å². The van der Waals surface area contributed by atoms with Crippen LogP contribution in [-0.4, -0.2) is 37.5 Å². The zero-order valence-corrected chi connectivity index (χ0v) is 13.9. The molecule has 1 aromatic carbocycles. The van der Waals surface area contributed by atoms with Crippen molar-refractivity contribution in [3.05, 3.63) is 66.1 Å². The Hall–Kier alpha value is -2.31. The van der Waals surface area contributed by atoms with Gasteiger partial charge in [-0.05, 0) is 49.5 Å². The van der Waals surface area contributed by atoms with Gasteiger partial charge in [0, 0.05) is 18.9 Å². The Morgan fingerprint density at radius 3 is 2.68 bits per heavy atom. The largest absolute Gasteiger partial charge is 0.388 e. The lowest BCUT2D eigenvalue weighted by molar-refractivity contribution is 0.0563. The molecule has 0 aliphatic carbocycles. The van der Waals surface area contributed by atoms with Crippen LogP contribution in [-0.2, 0) is 6.54 Å². The van der Waals surface area contributed by atoms with Crippen molar-refractivity contribution in [1.29, 1.82) is 0 Å².